The van der Waals surface area contributed by atoms with E-state index in [4.69, 9.17) is 23.5 Å². The molecule has 0 aliphatic carbocycles. The van der Waals surface area contributed by atoms with Gasteiger partial charge in [-0.2, -0.15) is 4.31 Å². The van der Waals surface area contributed by atoms with Crippen molar-refractivity contribution in [2.24, 2.45) is 11.8 Å². The Morgan fingerprint density at radius 3 is 2.30 bits per heavy atom. The third kappa shape index (κ3) is 7.78. The van der Waals surface area contributed by atoms with E-state index >= 15 is 0 Å². The van der Waals surface area contributed by atoms with E-state index in [1.54, 1.807) is 12.1 Å². The molecule has 0 radical (unpaired) electrons. The van der Waals surface area contributed by atoms with E-state index in [9.17, 15) is 18.3 Å². The summed E-state index contributed by atoms with van der Waals surface area (Å²) < 4.78 is 58.4. The number of alkyl carbamates (subject to hydrolysis) is 1. The molecule has 13 heteroatoms. The van der Waals surface area contributed by atoms with E-state index in [-0.39, 0.29) is 49.1 Å². The van der Waals surface area contributed by atoms with Crippen LogP contribution in [-0.2, 0) is 40.0 Å². The van der Waals surface area contributed by atoms with Crippen molar-refractivity contribution >= 4 is 28.7 Å². The second-order valence-electron chi connectivity index (χ2n) is 13.8. The van der Waals surface area contributed by atoms with Crippen molar-refractivity contribution in [3.8, 4) is 0 Å². The Kier molecular flexibility index (Phi) is 10.5. The molecule has 0 bridgehead atoms. The fraction of sp³-hybridized carbons (Fsp3) is 0.606. The molecule has 3 heterocycles. The van der Waals surface area contributed by atoms with Crippen LogP contribution in [0.2, 0.25) is 0 Å². The van der Waals surface area contributed by atoms with Crippen LogP contribution in [0.4, 0.5) is 4.79 Å². The zero-order chi connectivity index (χ0) is 33.3. The lowest BCUT2D eigenvalue weighted by atomic mass is 9.79. The highest BCUT2D eigenvalue weighted by atomic mass is 32.2. The highest BCUT2D eigenvalue weighted by Crippen LogP contribution is 2.36. The summed E-state index contributed by atoms with van der Waals surface area (Å²) in [5.41, 5.74) is 0.530. The zero-order valence-electron chi connectivity index (χ0n) is 27.5. The predicted molar refractivity (Wildman–Crippen MR) is 173 cm³/mol. The average molecular weight is 659 g/mol. The Balaban J connectivity index is 1.31. The van der Waals surface area contributed by atoms with Gasteiger partial charge in [-0.15, -0.1) is 0 Å². The summed E-state index contributed by atoms with van der Waals surface area (Å²) in [7, 11) is -4.65. The average Bonchev–Trinajstić information content (AvgIpc) is 3.67. The van der Waals surface area contributed by atoms with Crippen LogP contribution in [0, 0.1) is 11.8 Å². The topological polar surface area (TPSA) is 133 Å². The van der Waals surface area contributed by atoms with Gasteiger partial charge in [0.15, 0.2) is 6.29 Å². The van der Waals surface area contributed by atoms with Crippen molar-refractivity contribution in [1.29, 1.82) is 0 Å². The van der Waals surface area contributed by atoms with Crippen molar-refractivity contribution < 1.29 is 41.8 Å². The van der Waals surface area contributed by atoms with E-state index in [2.05, 4.69) is 5.32 Å². The molecule has 2 aromatic carbocycles. The quantitative estimate of drug-likeness (QED) is 0.330. The monoisotopic (exact) mass is 658 g/mol. The summed E-state index contributed by atoms with van der Waals surface area (Å²) in [6.45, 7) is 12.4. The molecule has 3 aliphatic rings. The third-order valence-electron chi connectivity index (χ3n) is 9.31. The van der Waals surface area contributed by atoms with E-state index < -0.39 is 52.7 Å². The molecule has 0 spiro atoms. The molecule has 252 valence electrons. The minimum absolute atomic E-state index is 0.0274. The standard InChI is InChI=1S/C33H47BN2O9S/c1-22(2)19-36(46(39,40)25-14-12-24(13-15-25)34-44-32(3,4)33(5,6)45-34)20-28(37)27(18-23-10-8-7-9-11-23)35-31(38)43-29-21-42-30-26(29)16-17-41-30/h7-15,22,26-30,37H,16-21H2,1-6H3,(H,35,38)/t26-,27-,28+,29-,30+/m0/s1. The first-order valence-electron chi connectivity index (χ1n) is 16.0. The van der Waals surface area contributed by atoms with Gasteiger partial charge in [-0.3, -0.25) is 0 Å². The number of rotatable bonds is 12. The van der Waals surface area contributed by atoms with Gasteiger partial charge in [0, 0.05) is 13.1 Å². The smallest absolute Gasteiger partial charge is 0.443 e. The van der Waals surface area contributed by atoms with Crippen LogP contribution < -0.4 is 10.8 Å². The molecule has 1 amide bonds. The predicted octanol–water partition coefficient (Wildman–Crippen LogP) is 3.09. The van der Waals surface area contributed by atoms with Gasteiger partial charge < -0.3 is 33.9 Å². The Morgan fingerprint density at radius 1 is 1.02 bits per heavy atom. The first-order valence-corrected chi connectivity index (χ1v) is 17.5. The summed E-state index contributed by atoms with van der Waals surface area (Å²) in [5.74, 6) is -0.0634. The van der Waals surface area contributed by atoms with Crippen molar-refractivity contribution in [1.82, 2.24) is 9.62 Å². The number of nitrogens with zero attached hydrogens (tertiary/aromatic N) is 1. The van der Waals surface area contributed by atoms with Crippen molar-refractivity contribution in [2.75, 3.05) is 26.3 Å². The second-order valence-corrected chi connectivity index (χ2v) is 15.8. The number of amides is 1. The number of carbonyl (C=O) groups is 1. The summed E-state index contributed by atoms with van der Waals surface area (Å²) in [5, 5.41) is 14.4. The summed E-state index contributed by atoms with van der Waals surface area (Å²) in [6, 6.07) is 15.0. The highest BCUT2D eigenvalue weighted by molar-refractivity contribution is 7.89. The molecule has 11 nitrogen and oxygen atoms in total. The summed E-state index contributed by atoms with van der Waals surface area (Å²) in [4.78, 5) is 13.2. The Labute approximate surface area is 273 Å². The van der Waals surface area contributed by atoms with Crippen LogP contribution in [0.25, 0.3) is 0 Å². The number of carbonyl (C=O) groups excluding carboxylic acids is 1. The Bertz CT molecular complexity index is 1420. The molecule has 0 saturated carbocycles. The van der Waals surface area contributed by atoms with E-state index in [1.807, 2.05) is 71.9 Å². The molecular formula is C33H47BN2O9S. The van der Waals surface area contributed by atoms with Gasteiger partial charge in [0.1, 0.15) is 6.10 Å². The van der Waals surface area contributed by atoms with Gasteiger partial charge in [-0.25, -0.2) is 13.2 Å². The molecule has 0 aromatic heterocycles. The van der Waals surface area contributed by atoms with Crippen LogP contribution in [0.15, 0.2) is 59.5 Å². The lowest BCUT2D eigenvalue weighted by Gasteiger charge is -2.32. The van der Waals surface area contributed by atoms with Crippen LogP contribution in [-0.4, -0.2) is 93.1 Å². The lowest BCUT2D eigenvalue weighted by molar-refractivity contribution is -0.0907. The highest BCUT2D eigenvalue weighted by Gasteiger charge is 2.51. The first kappa shape index (κ1) is 34.8. The lowest BCUT2D eigenvalue weighted by Crippen LogP contribution is -2.51. The van der Waals surface area contributed by atoms with Crippen LogP contribution in [0.3, 0.4) is 0 Å². The third-order valence-corrected chi connectivity index (χ3v) is 11.2. The van der Waals surface area contributed by atoms with Crippen LogP contribution in [0.5, 0.6) is 0 Å². The number of aliphatic hydroxyl groups is 1. The molecule has 46 heavy (non-hydrogen) atoms. The number of ether oxygens (including phenoxy) is 3. The molecule has 0 unspecified atom stereocenters. The van der Waals surface area contributed by atoms with Gasteiger partial charge in [0.2, 0.25) is 10.0 Å². The van der Waals surface area contributed by atoms with Gasteiger partial charge in [0.25, 0.3) is 0 Å². The number of benzene rings is 2. The number of sulfonamides is 1. The van der Waals surface area contributed by atoms with E-state index in [0.29, 0.717) is 12.1 Å². The van der Waals surface area contributed by atoms with E-state index in [0.717, 1.165) is 12.0 Å². The van der Waals surface area contributed by atoms with Crippen molar-refractivity contribution in [3.05, 3.63) is 60.2 Å². The molecule has 5 atom stereocenters. The SMILES string of the molecule is CC(C)CN(C[C@@H](O)[C@H](Cc1ccccc1)NC(=O)O[C@H]1CO[C@H]2OCC[C@H]21)S(=O)(=O)c1ccc(B2OC(C)(C)C(C)(C)O2)cc1. The number of hydrogen-bond acceptors (Lipinski definition) is 9. The summed E-state index contributed by atoms with van der Waals surface area (Å²) in [6.07, 6.45) is -1.76. The van der Waals surface area contributed by atoms with Crippen molar-refractivity contribution in [3.63, 3.8) is 0 Å². The van der Waals surface area contributed by atoms with Gasteiger partial charge in [-0.05, 0) is 69.6 Å². The van der Waals surface area contributed by atoms with Crippen molar-refractivity contribution in [2.45, 2.75) is 95.0 Å². The minimum Gasteiger partial charge on any atom is -0.443 e. The molecular weight excluding hydrogens is 611 g/mol. The molecule has 5 rings (SSSR count). The number of hydrogen-bond donors (Lipinski definition) is 2. The maximum atomic E-state index is 14.0. The Morgan fingerprint density at radius 2 is 1.67 bits per heavy atom. The minimum atomic E-state index is -4.02. The maximum Gasteiger partial charge on any atom is 0.494 e. The Hall–Kier alpha value is -2.52. The maximum absolute atomic E-state index is 14.0. The zero-order valence-corrected chi connectivity index (χ0v) is 28.4. The normalized spacial score (nSPS) is 25.1. The molecule has 3 saturated heterocycles. The molecule has 2 aromatic rings. The number of nitrogens with one attached hydrogen (secondary N) is 1. The largest absolute Gasteiger partial charge is 0.494 e. The van der Waals surface area contributed by atoms with Crippen LogP contribution >= 0.6 is 0 Å². The van der Waals surface area contributed by atoms with Gasteiger partial charge >= 0.3 is 13.2 Å². The van der Waals surface area contributed by atoms with Gasteiger partial charge in [-0.1, -0.05) is 56.3 Å². The molecule has 3 aliphatic heterocycles. The number of fused-ring (bicyclic) bond motifs is 1. The fourth-order valence-corrected chi connectivity index (χ4v) is 7.58. The van der Waals surface area contributed by atoms with Crippen LogP contribution in [0.1, 0.15) is 53.5 Å². The number of aliphatic hydroxyl groups excluding tert-OH is 1. The summed E-state index contributed by atoms with van der Waals surface area (Å²) >= 11 is 0. The van der Waals surface area contributed by atoms with Gasteiger partial charge in [0.05, 0.1) is 47.4 Å². The molecule has 3 fully saturated rings. The van der Waals surface area contributed by atoms with E-state index in [1.165, 1.54) is 16.4 Å². The molecule has 2 N–H and O–H groups in total. The fourth-order valence-electron chi connectivity index (χ4n) is 5.96. The second kappa shape index (κ2) is 13.9. The first-order chi connectivity index (χ1) is 21.7.